The Kier molecular flexibility index (Phi) is 7.29. The second kappa shape index (κ2) is 9.24. The summed E-state index contributed by atoms with van der Waals surface area (Å²) >= 11 is 0. The maximum absolute atomic E-state index is 12.1. The lowest BCUT2D eigenvalue weighted by Gasteiger charge is -2.22. The van der Waals surface area contributed by atoms with E-state index < -0.39 is 5.54 Å². The molecule has 0 saturated heterocycles. The molecule has 0 aliphatic heterocycles. The molecule has 0 bridgehead atoms. The van der Waals surface area contributed by atoms with Gasteiger partial charge in [-0.15, -0.1) is 12.4 Å². The van der Waals surface area contributed by atoms with Crippen LogP contribution in [0.2, 0.25) is 0 Å². The van der Waals surface area contributed by atoms with Gasteiger partial charge in [-0.2, -0.15) is 0 Å². The molecule has 3 rings (SSSR count). The average molecular weight is 382 g/mol. The Balaban J connectivity index is 0.00000243. The Bertz CT molecular complexity index is 611. The zero-order valence-electron chi connectivity index (χ0n) is 15.0. The Morgan fingerprint density at radius 2 is 1.81 bits per heavy atom. The molecule has 2 aliphatic rings. The Morgan fingerprint density at radius 3 is 2.42 bits per heavy atom. The lowest BCUT2D eigenvalue weighted by Crippen LogP contribution is -2.52. The van der Waals surface area contributed by atoms with Crippen LogP contribution in [0.4, 0.5) is 0 Å². The van der Waals surface area contributed by atoms with Crippen molar-refractivity contribution in [1.29, 1.82) is 0 Å². The van der Waals surface area contributed by atoms with Gasteiger partial charge in [0.15, 0.2) is 6.61 Å². The van der Waals surface area contributed by atoms with Crippen LogP contribution in [0.15, 0.2) is 24.3 Å². The number of carbonyl (C=O) groups is 2. The molecule has 0 aromatic heterocycles. The smallest absolute Gasteiger partial charge is 0.258 e. The number of amides is 2. The van der Waals surface area contributed by atoms with Crippen molar-refractivity contribution in [2.75, 3.05) is 13.2 Å². The first-order chi connectivity index (χ1) is 12.0. The molecule has 0 spiro atoms. The van der Waals surface area contributed by atoms with Crippen LogP contribution in [0.1, 0.15) is 44.1 Å². The number of carbonyl (C=O) groups excluding carboxylic acids is 2. The van der Waals surface area contributed by atoms with E-state index in [9.17, 15) is 9.59 Å². The maximum atomic E-state index is 12.1. The van der Waals surface area contributed by atoms with Crippen molar-refractivity contribution in [3.8, 4) is 5.75 Å². The number of hydrogen-bond donors (Lipinski definition) is 3. The van der Waals surface area contributed by atoms with Crippen molar-refractivity contribution in [2.45, 2.75) is 56.5 Å². The summed E-state index contributed by atoms with van der Waals surface area (Å²) in [4.78, 5) is 23.7. The van der Waals surface area contributed by atoms with Gasteiger partial charge in [-0.25, -0.2) is 0 Å². The van der Waals surface area contributed by atoms with E-state index in [4.69, 9.17) is 10.5 Å². The monoisotopic (exact) mass is 381 g/mol. The summed E-state index contributed by atoms with van der Waals surface area (Å²) in [6.07, 6.45) is 6.50. The van der Waals surface area contributed by atoms with E-state index in [2.05, 4.69) is 10.6 Å². The minimum Gasteiger partial charge on any atom is -0.484 e. The molecule has 2 fully saturated rings. The normalized spacial score (nSPS) is 17.9. The molecule has 0 atom stereocenters. The Hall–Kier alpha value is -1.79. The van der Waals surface area contributed by atoms with Crippen LogP contribution in [0.5, 0.6) is 5.75 Å². The molecule has 2 amide bonds. The van der Waals surface area contributed by atoms with E-state index in [1.807, 2.05) is 24.3 Å². The first-order valence-corrected chi connectivity index (χ1v) is 9.13. The zero-order valence-corrected chi connectivity index (χ0v) is 15.8. The SMILES string of the molecule is Cl.NC1(C(=O)NCCc2ccc(OCC(=O)NC3CC3)cc2)CCCC1. The van der Waals surface area contributed by atoms with Crippen LogP contribution < -0.4 is 21.1 Å². The van der Waals surface area contributed by atoms with E-state index >= 15 is 0 Å². The minimum absolute atomic E-state index is 0. The van der Waals surface area contributed by atoms with E-state index in [0.29, 0.717) is 18.3 Å². The predicted molar refractivity (Wildman–Crippen MR) is 102 cm³/mol. The third kappa shape index (κ3) is 5.88. The fourth-order valence-electron chi connectivity index (χ4n) is 3.13. The molecule has 26 heavy (non-hydrogen) atoms. The van der Waals surface area contributed by atoms with Crippen LogP contribution in [0, 0.1) is 0 Å². The minimum atomic E-state index is -0.668. The van der Waals surface area contributed by atoms with Gasteiger partial charge in [0.25, 0.3) is 5.91 Å². The van der Waals surface area contributed by atoms with Crippen molar-refractivity contribution in [3.05, 3.63) is 29.8 Å². The summed E-state index contributed by atoms with van der Waals surface area (Å²) < 4.78 is 5.48. The lowest BCUT2D eigenvalue weighted by atomic mass is 9.98. The molecule has 1 aromatic rings. The molecule has 4 N–H and O–H groups in total. The van der Waals surface area contributed by atoms with Crippen molar-refractivity contribution in [1.82, 2.24) is 10.6 Å². The average Bonchev–Trinajstić information content (AvgIpc) is 3.31. The first-order valence-electron chi connectivity index (χ1n) is 9.13. The van der Waals surface area contributed by atoms with Gasteiger partial charge >= 0.3 is 0 Å². The van der Waals surface area contributed by atoms with Gasteiger partial charge in [-0.1, -0.05) is 25.0 Å². The van der Waals surface area contributed by atoms with Crippen molar-refractivity contribution < 1.29 is 14.3 Å². The highest BCUT2D eigenvalue weighted by Crippen LogP contribution is 2.27. The molecule has 0 radical (unpaired) electrons. The molecule has 2 aliphatic carbocycles. The van der Waals surface area contributed by atoms with Crippen molar-refractivity contribution in [3.63, 3.8) is 0 Å². The number of halogens is 1. The molecular weight excluding hydrogens is 354 g/mol. The molecule has 1 aromatic carbocycles. The van der Waals surface area contributed by atoms with Gasteiger partial charge in [0.05, 0.1) is 5.54 Å². The van der Waals surface area contributed by atoms with E-state index in [-0.39, 0.29) is 30.8 Å². The van der Waals surface area contributed by atoms with E-state index in [1.165, 1.54) is 0 Å². The van der Waals surface area contributed by atoms with Gasteiger partial charge in [-0.05, 0) is 49.8 Å². The second-order valence-corrected chi connectivity index (χ2v) is 7.14. The van der Waals surface area contributed by atoms with E-state index in [0.717, 1.165) is 50.5 Å². The lowest BCUT2D eigenvalue weighted by molar-refractivity contribution is -0.126. The van der Waals surface area contributed by atoms with Crippen molar-refractivity contribution >= 4 is 24.2 Å². The van der Waals surface area contributed by atoms with Crippen molar-refractivity contribution in [2.24, 2.45) is 5.73 Å². The second-order valence-electron chi connectivity index (χ2n) is 7.14. The summed E-state index contributed by atoms with van der Waals surface area (Å²) in [5.74, 6) is 0.564. The number of nitrogens with two attached hydrogens (primary N) is 1. The molecule has 7 heteroatoms. The van der Waals surface area contributed by atoms with Gasteiger partial charge in [0.1, 0.15) is 5.75 Å². The predicted octanol–water partition coefficient (Wildman–Crippen LogP) is 1.70. The highest BCUT2D eigenvalue weighted by molar-refractivity contribution is 5.86. The standard InChI is InChI=1S/C19H27N3O3.ClH/c20-19(10-1-2-11-19)18(24)21-12-9-14-3-7-16(8-4-14)25-13-17(23)22-15-5-6-15;/h3-4,7-8,15H,1-2,5-6,9-13,20H2,(H,21,24)(H,22,23);1H. The summed E-state index contributed by atoms with van der Waals surface area (Å²) in [5, 5.41) is 5.83. The number of ether oxygens (including phenoxy) is 1. The Morgan fingerprint density at radius 1 is 1.15 bits per heavy atom. The molecule has 6 nitrogen and oxygen atoms in total. The maximum Gasteiger partial charge on any atom is 0.258 e. The van der Waals surface area contributed by atoms with Gasteiger partial charge in [0.2, 0.25) is 5.91 Å². The zero-order chi connectivity index (χ0) is 17.7. The van der Waals surface area contributed by atoms with Gasteiger partial charge < -0.3 is 21.1 Å². The summed E-state index contributed by atoms with van der Waals surface area (Å²) in [6.45, 7) is 0.617. The number of rotatable bonds is 8. The molecule has 0 heterocycles. The van der Waals surface area contributed by atoms with Gasteiger partial charge in [0, 0.05) is 12.6 Å². The Labute approximate surface area is 160 Å². The van der Waals surface area contributed by atoms with E-state index in [1.54, 1.807) is 0 Å². The molecule has 0 unspecified atom stereocenters. The van der Waals surface area contributed by atoms with Crippen LogP contribution in [-0.2, 0) is 16.0 Å². The quantitative estimate of drug-likeness (QED) is 0.638. The number of benzene rings is 1. The number of hydrogen-bond acceptors (Lipinski definition) is 4. The van der Waals surface area contributed by atoms with Crippen LogP contribution >= 0.6 is 12.4 Å². The van der Waals surface area contributed by atoms with Crippen LogP contribution in [0.3, 0.4) is 0 Å². The molecule has 144 valence electrons. The topological polar surface area (TPSA) is 93.5 Å². The fourth-order valence-corrected chi connectivity index (χ4v) is 3.13. The third-order valence-corrected chi connectivity index (χ3v) is 4.88. The van der Waals surface area contributed by atoms with Gasteiger partial charge in [-0.3, -0.25) is 9.59 Å². The largest absolute Gasteiger partial charge is 0.484 e. The van der Waals surface area contributed by atoms with Crippen LogP contribution in [-0.4, -0.2) is 36.5 Å². The molecule has 2 saturated carbocycles. The first kappa shape index (κ1) is 20.5. The van der Waals surface area contributed by atoms with Crippen LogP contribution in [0.25, 0.3) is 0 Å². The summed E-state index contributed by atoms with van der Waals surface area (Å²) in [5.41, 5.74) is 6.57. The fraction of sp³-hybridized carbons (Fsp3) is 0.579. The third-order valence-electron chi connectivity index (χ3n) is 4.88. The summed E-state index contributed by atoms with van der Waals surface area (Å²) in [6, 6.07) is 7.96. The number of nitrogens with one attached hydrogen (secondary N) is 2. The molecular formula is C19H28ClN3O3. The highest BCUT2D eigenvalue weighted by Gasteiger charge is 2.36. The summed E-state index contributed by atoms with van der Waals surface area (Å²) in [7, 11) is 0. The highest BCUT2D eigenvalue weighted by atomic mass is 35.5.